The van der Waals surface area contributed by atoms with Crippen LogP contribution in [-0.4, -0.2) is 27.5 Å². The molecule has 0 saturated heterocycles. The summed E-state index contributed by atoms with van der Waals surface area (Å²) in [5.74, 6) is 1.88. The molecule has 6 atom stereocenters. The van der Waals surface area contributed by atoms with Crippen LogP contribution in [0.2, 0.25) is 0 Å². The third-order valence-electron chi connectivity index (χ3n) is 6.68. The Hall–Kier alpha value is -1.06. The zero-order valence-electron chi connectivity index (χ0n) is 12.5. The first kappa shape index (κ1) is 13.6. The van der Waals surface area contributed by atoms with E-state index in [9.17, 15) is 15.3 Å². The van der Waals surface area contributed by atoms with Crippen LogP contribution in [0.3, 0.4) is 0 Å². The van der Waals surface area contributed by atoms with E-state index in [0.717, 1.165) is 32.1 Å². The van der Waals surface area contributed by atoms with E-state index in [0.29, 0.717) is 23.5 Å². The van der Waals surface area contributed by atoms with Gasteiger partial charge in [-0.05, 0) is 78.5 Å². The van der Waals surface area contributed by atoms with Crippen LogP contribution in [0.15, 0.2) is 18.2 Å². The van der Waals surface area contributed by atoms with Crippen LogP contribution in [-0.2, 0) is 6.42 Å². The molecule has 2 saturated carbocycles. The Labute approximate surface area is 125 Å². The van der Waals surface area contributed by atoms with Crippen LogP contribution in [0.25, 0.3) is 0 Å². The summed E-state index contributed by atoms with van der Waals surface area (Å²) >= 11 is 0. The molecule has 0 bridgehead atoms. The van der Waals surface area contributed by atoms with E-state index in [4.69, 9.17) is 0 Å². The Morgan fingerprint density at radius 2 is 2.00 bits per heavy atom. The van der Waals surface area contributed by atoms with E-state index < -0.39 is 12.2 Å². The van der Waals surface area contributed by atoms with E-state index in [1.54, 1.807) is 6.07 Å². The molecule has 0 amide bonds. The van der Waals surface area contributed by atoms with Crippen molar-refractivity contribution < 1.29 is 15.3 Å². The summed E-state index contributed by atoms with van der Waals surface area (Å²) in [6.45, 7) is 2.17. The van der Waals surface area contributed by atoms with Crippen LogP contribution >= 0.6 is 0 Å². The number of phenolic OH excluding ortho intramolecular Hbond substituents is 1. The zero-order chi connectivity index (χ0) is 14.8. The van der Waals surface area contributed by atoms with Crippen molar-refractivity contribution in [2.75, 3.05) is 0 Å². The van der Waals surface area contributed by atoms with E-state index >= 15 is 0 Å². The topological polar surface area (TPSA) is 60.7 Å². The van der Waals surface area contributed by atoms with Gasteiger partial charge in [0, 0.05) is 0 Å². The van der Waals surface area contributed by atoms with Gasteiger partial charge < -0.3 is 15.3 Å². The van der Waals surface area contributed by atoms with Crippen molar-refractivity contribution in [3.63, 3.8) is 0 Å². The Kier molecular flexibility index (Phi) is 2.89. The fourth-order valence-corrected chi connectivity index (χ4v) is 5.56. The van der Waals surface area contributed by atoms with Gasteiger partial charge in [-0.15, -0.1) is 0 Å². The van der Waals surface area contributed by atoms with Gasteiger partial charge in [0.1, 0.15) is 5.75 Å². The van der Waals surface area contributed by atoms with Crippen LogP contribution in [0.5, 0.6) is 5.75 Å². The standard InChI is InChI=1S/C18H24O3/c1-18-7-6-13-12-5-3-11(19)8-10(12)2-4-14(13)15(18)9-16(20)17(18)21/h3,5,8,13-17,19-21H,2,4,6-7,9H2,1H3/t13-,14-,15-,16-,17+,18-/m0/s1. The minimum Gasteiger partial charge on any atom is -0.508 e. The molecular weight excluding hydrogens is 264 g/mol. The van der Waals surface area contributed by atoms with Crippen molar-refractivity contribution in [3.8, 4) is 5.75 Å². The molecule has 0 unspecified atom stereocenters. The van der Waals surface area contributed by atoms with Gasteiger partial charge in [0.25, 0.3) is 0 Å². The first-order valence-electron chi connectivity index (χ1n) is 8.18. The van der Waals surface area contributed by atoms with Crippen LogP contribution in [0.1, 0.15) is 49.7 Å². The molecule has 1 aromatic rings. The number of aromatic hydroxyl groups is 1. The van der Waals surface area contributed by atoms with Gasteiger partial charge in [-0.25, -0.2) is 0 Å². The van der Waals surface area contributed by atoms with E-state index in [2.05, 4.69) is 13.0 Å². The second-order valence-electron chi connectivity index (χ2n) is 7.59. The highest BCUT2D eigenvalue weighted by Gasteiger charge is 2.57. The highest BCUT2D eigenvalue weighted by Crippen LogP contribution is 2.60. The predicted molar refractivity (Wildman–Crippen MR) is 80.1 cm³/mol. The summed E-state index contributed by atoms with van der Waals surface area (Å²) in [6.07, 6.45) is 3.80. The number of hydrogen-bond donors (Lipinski definition) is 3. The van der Waals surface area contributed by atoms with Gasteiger partial charge in [0.05, 0.1) is 12.2 Å². The van der Waals surface area contributed by atoms with Crippen LogP contribution in [0.4, 0.5) is 0 Å². The molecule has 3 aliphatic rings. The lowest BCUT2D eigenvalue weighted by molar-refractivity contribution is -0.0505. The molecule has 3 aliphatic carbocycles. The highest BCUT2D eigenvalue weighted by atomic mass is 16.3. The summed E-state index contributed by atoms with van der Waals surface area (Å²) in [6, 6.07) is 5.80. The number of benzene rings is 1. The maximum atomic E-state index is 10.4. The number of aliphatic hydroxyl groups excluding tert-OH is 2. The average Bonchev–Trinajstić information content (AvgIpc) is 2.70. The molecule has 3 N–H and O–H groups in total. The molecule has 1 aromatic carbocycles. The minimum atomic E-state index is -0.565. The molecule has 3 heteroatoms. The second kappa shape index (κ2) is 4.47. The van der Waals surface area contributed by atoms with Gasteiger partial charge in [0.2, 0.25) is 0 Å². The van der Waals surface area contributed by atoms with E-state index in [-0.39, 0.29) is 5.41 Å². The molecular formula is C18H24O3. The molecule has 2 fully saturated rings. The van der Waals surface area contributed by atoms with Crippen molar-refractivity contribution in [2.45, 2.75) is 57.2 Å². The molecule has 21 heavy (non-hydrogen) atoms. The predicted octanol–water partition coefficient (Wildman–Crippen LogP) is 2.58. The van der Waals surface area contributed by atoms with E-state index in [1.807, 2.05) is 6.07 Å². The molecule has 0 radical (unpaired) electrons. The smallest absolute Gasteiger partial charge is 0.115 e. The lowest BCUT2D eigenvalue weighted by atomic mass is 9.55. The van der Waals surface area contributed by atoms with E-state index in [1.165, 1.54) is 11.1 Å². The molecule has 4 rings (SSSR count). The molecule has 3 nitrogen and oxygen atoms in total. The Bertz CT molecular complexity index is 570. The molecule has 0 aliphatic heterocycles. The Morgan fingerprint density at radius 1 is 1.19 bits per heavy atom. The number of aliphatic hydroxyl groups is 2. The maximum absolute atomic E-state index is 10.4. The molecule has 0 spiro atoms. The van der Waals surface area contributed by atoms with Crippen LogP contribution < -0.4 is 0 Å². The summed E-state index contributed by atoms with van der Waals surface area (Å²) < 4.78 is 0. The normalized spacial score (nSPS) is 44.8. The van der Waals surface area contributed by atoms with Crippen molar-refractivity contribution in [1.29, 1.82) is 0 Å². The molecule has 0 aromatic heterocycles. The Morgan fingerprint density at radius 3 is 2.81 bits per heavy atom. The zero-order valence-corrected chi connectivity index (χ0v) is 12.5. The lowest BCUT2D eigenvalue weighted by Crippen LogP contribution is -2.44. The number of phenols is 1. The largest absolute Gasteiger partial charge is 0.508 e. The summed E-state index contributed by atoms with van der Waals surface area (Å²) in [7, 11) is 0. The third-order valence-corrected chi connectivity index (χ3v) is 6.68. The lowest BCUT2D eigenvalue weighted by Gasteiger charge is -2.49. The molecule has 114 valence electrons. The van der Waals surface area contributed by atoms with Crippen molar-refractivity contribution in [2.24, 2.45) is 17.3 Å². The third kappa shape index (κ3) is 1.80. The highest BCUT2D eigenvalue weighted by molar-refractivity contribution is 5.40. The van der Waals surface area contributed by atoms with Crippen molar-refractivity contribution >= 4 is 0 Å². The van der Waals surface area contributed by atoms with Gasteiger partial charge in [0.15, 0.2) is 0 Å². The van der Waals surface area contributed by atoms with Gasteiger partial charge >= 0.3 is 0 Å². The fourth-order valence-electron chi connectivity index (χ4n) is 5.56. The van der Waals surface area contributed by atoms with Crippen LogP contribution in [0, 0.1) is 17.3 Å². The Balaban J connectivity index is 1.71. The van der Waals surface area contributed by atoms with Crippen molar-refractivity contribution in [1.82, 2.24) is 0 Å². The van der Waals surface area contributed by atoms with Gasteiger partial charge in [-0.2, -0.15) is 0 Å². The average molecular weight is 288 g/mol. The SMILES string of the molecule is C[C@]12CC[C@H]3c4ccc(O)cc4CC[C@@H]3[C@@H]1C[C@H](O)[C@H]2O. The summed E-state index contributed by atoms with van der Waals surface area (Å²) in [4.78, 5) is 0. The number of aryl methyl sites for hydroxylation is 1. The first-order chi connectivity index (χ1) is 10.0. The summed E-state index contributed by atoms with van der Waals surface area (Å²) in [5.41, 5.74) is 2.57. The van der Waals surface area contributed by atoms with Gasteiger partial charge in [-0.1, -0.05) is 13.0 Å². The second-order valence-corrected chi connectivity index (χ2v) is 7.59. The summed E-state index contributed by atoms with van der Waals surface area (Å²) in [5, 5.41) is 30.2. The number of hydrogen-bond acceptors (Lipinski definition) is 3. The minimum absolute atomic E-state index is 0.116. The molecule has 0 heterocycles. The fraction of sp³-hybridized carbons (Fsp3) is 0.667. The number of fused-ring (bicyclic) bond motifs is 5. The van der Waals surface area contributed by atoms with Crippen molar-refractivity contribution in [3.05, 3.63) is 29.3 Å². The monoisotopic (exact) mass is 288 g/mol. The maximum Gasteiger partial charge on any atom is 0.115 e. The van der Waals surface area contributed by atoms with Gasteiger partial charge in [-0.3, -0.25) is 0 Å². The number of rotatable bonds is 0. The first-order valence-corrected chi connectivity index (χ1v) is 8.18. The quantitative estimate of drug-likeness (QED) is 0.687.